The molecule has 0 amide bonds. The van der Waals surface area contributed by atoms with Gasteiger partial charge in [0.15, 0.2) is 0 Å². The molecule has 0 unspecified atom stereocenters. The first-order valence-corrected chi connectivity index (χ1v) is 5.29. The summed E-state index contributed by atoms with van der Waals surface area (Å²) in [5.41, 5.74) is 12.4. The lowest BCUT2D eigenvalue weighted by Gasteiger charge is -2.06. The Morgan fingerprint density at radius 2 is 2.14 bits per heavy atom. The Balaban J connectivity index is 4.15. The molecule has 0 aliphatic heterocycles. The Morgan fingerprint density at radius 1 is 1.43 bits per heavy atom. The van der Waals surface area contributed by atoms with Crippen LogP contribution in [0.5, 0.6) is 0 Å². The molecule has 5 N–H and O–H groups in total. The topological polar surface area (TPSA) is 64.1 Å². The fourth-order valence-corrected chi connectivity index (χ4v) is 1.20. The molecule has 0 aliphatic rings. The summed E-state index contributed by atoms with van der Waals surface area (Å²) in [6.07, 6.45) is 8.44. The van der Waals surface area contributed by atoms with E-state index in [4.69, 9.17) is 11.5 Å². The average molecular weight is 197 g/mol. The molecule has 0 heterocycles. The molecule has 14 heavy (non-hydrogen) atoms. The van der Waals surface area contributed by atoms with E-state index in [1.54, 1.807) is 0 Å². The normalized spacial score (nSPS) is 13.1. The maximum absolute atomic E-state index is 5.81. The summed E-state index contributed by atoms with van der Waals surface area (Å²) < 4.78 is 0. The van der Waals surface area contributed by atoms with Crippen LogP contribution in [-0.2, 0) is 0 Å². The largest absolute Gasteiger partial charge is 0.385 e. The molecule has 0 spiro atoms. The number of nitrogens with one attached hydrogen (secondary N) is 1. The van der Waals surface area contributed by atoms with E-state index in [0.29, 0.717) is 0 Å². The van der Waals surface area contributed by atoms with Crippen LogP contribution in [0.2, 0.25) is 0 Å². The molecule has 0 rings (SSSR count). The standard InChI is InChI=1S/C11H23N3/c1-3-7-10(11(13)14-2)8-5-4-6-9-12/h5,8,14H,3-4,6-7,9,12-13H2,1-2H3/b8-5-,11-10+. The summed E-state index contributed by atoms with van der Waals surface area (Å²) in [7, 11) is 1.85. The van der Waals surface area contributed by atoms with Crippen LogP contribution in [0, 0.1) is 0 Å². The third kappa shape index (κ3) is 5.65. The van der Waals surface area contributed by atoms with Crippen molar-refractivity contribution in [2.45, 2.75) is 32.6 Å². The zero-order valence-electron chi connectivity index (χ0n) is 9.34. The van der Waals surface area contributed by atoms with Crippen molar-refractivity contribution in [1.82, 2.24) is 5.32 Å². The van der Waals surface area contributed by atoms with Crippen LogP contribution in [0.25, 0.3) is 0 Å². The van der Waals surface area contributed by atoms with Gasteiger partial charge in [-0.05, 0) is 31.4 Å². The van der Waals surface area contributed by atoms with Gasteiger partial charge in [-0.25, -0.2) is 0 Å². The van der Waals surface area contributed by atoms with Gasteiger partial charge >= 0.3 is 0 Å². The Hall–Kier alpha value is -0.960. The van der Waals surface area contributed by atoms with Crippen LogP contribution in [-0.4, -0.2) is 13.6 Å². The van der Waals surface area contributed by atoms with Gasteiger partial charge in [0.25, 0.3) is 0 Å². The minimum atomic E-state index is 0.749. The van der Waals surface area contributed by atoms with Gasteiger partial charge in [0.2, 0.25) is 0 Å². The van der Waals surface area contributed by atoms with E-state index in [1.807, 2.05) is 7.05 Å². The van der Waals surface area contributed by atoms with E-state index >= 15 is 0 Å². The summed E-state index contributed by atoms with van der Waals surface area (Å²) in [6.45, 7) is 2.90. The molecular formula is C11H23N3. The van der Waals surface area contributed by atoms with Gasteiger partial charge in [0.1, 0.15) is 0 Å². The summed E-state index contributed by atoms with van der Waals surface area (Å²) in [5.74, 6) is 0.774. The molecule has 0 bridgehead atoms. The lowest BCUT2D eigenvalue weighted by molar-refractivity contribution is 0.842. The maximum Gasteiger partial charge on any atom is 0.0990 e. The highest BCUT2D eigenvalue weighted by Gasteiger charge is 1.96. The van der Waals surface area contributed by atoms with E-state index in [1.165, 1.54) is 5.57 Å². The molecule has 0 aliphatic carbocycles. The fraction of sp³-hybridized carbons (Fsp3) is 0.636. The number of nitrogens with two attached hydrogens (primary N) is 2. The number of rotatable bonds is 7. The Labute approximate surface area is 87.2 Å². The van der Waals surface area contributed by atoms with Crippen molar-refractivity contribution in [3.63, 3.8) is 0 Å². The lowest BCUT2D eigenvalue weighted by atomic mass is 10.1. The van der Waals surface area contributed by atoms with E-state index in [0.717, 1.165) is 38.0 Å². The van der Waals surface area contributed by atoms with Crippen molar-refractivity contribution in [2.75, 3.05) is 13.6 Å². The molecule has 0 saturated heterocycles. The highest BCUT2D eigenvalue weighted by Crippen LogP contribution is 2.08. The molecule has 0 atom stereocenters. The second kappa shape index (κ2) is 8.63. The Morgan fingerprint density at radius 3 is 2.64 bits per heavy atom. The van der Waals surface area contributed by atoms with Crippen molar-refractivity contribution in [2.24, 2.45) is 11.5 Å². The molecule has 0 aromatic heterocycles. The van der Waals surface area contributed by atoms with Crippen molar-refractivity contribution >= 4 is 0 Å². The summed E-state index contributed by atoms with van der Waals surface area (Å²) in [6, 6.07) is 0. The van der Waals surface area contributed by atoms with Crippen LogP contribution >= 0.6 is 0 Å². The van der Waals surface area contributed by atoms with Gasteiger partial charge in [0.05, 0.1) is 5.82 Å². The fourth-order valence-electron chi connectivity index (χ4n) is 1.20. The van der Waals surface area contributed by atoms with Gasteiger partial charge in [-0.15, -0.1) is 0 Å². The highest BCUT2D eigenvalue weighted by molar-refractivity contribution is 5.22. The quantitative estimate of drug-likeness (QED) is 0.428. The van der Waals surface area contributed by atoms with Crippen LogP contribution in [0.15, 0.2) is 23.5 Å². The van der Waals surface area contributed by atoms with Gasteiger partial charge < -0.3 is 16.8 Å². The Kier molecular flexibility index (Phi) is 8.04. The lowest BCUT2D eigenvalue weighted by Crippen LogP contribution is -2.17. The van der Waals surface area contributed by atoms with Crippen molar-refractivity contribution < 1.29 is 0 Å². The van der Waals surface area contributed by atoms with Crippen LogP contribution in [0.3, 0.4) is 0 Å². The van der Waals surface area contributed by atoms with E-state index < -0.39 is 0 Å². The molecule has 3 nitrogen and oxygen atoms in total. The van der Waals surface area contributed by atoms with Crippen molar-refractivity contribution in [3.05, 3.63) is 23.5 Å². The first-order valence-electron chi connectivity index (χ1n) is 5.29. The van der Waals surface area contributed by atoms with Crippen LogP contribution < -0.4 is 16.8 Å². The molecule has 0 radical (unpaired) electrons. The van der Waals surface area contributed by atoms with Crippen molar-refractivity contribution in [3.8, 4) is 0 Å². The van der Waals surface area contributed by atoms with Crippen LogP contribution in [0.1, 0.15) is 32.6 Å². The molecule has 0 aromatic carbocycles. The third-order valence-corrected chi connectivity index (χ3v) is 2.03. The second-order valence-electron chi connectivity index (χ2n) is 3.27. The number of hydrogen-bond acceptors (Lipinski definition) is 3. The SMILES string of the molecule is CCCC(/C=C\CCCN)=C(/N)NC. The minimum Gasteiger partial charge on any atom is -0.385 e. The van der Waals surface area contributed by atoms with Gasteiger partial charge in [-0.1, -0.05) is 25.5 Å². The molecule has 0 fully saturated rings. The zero-order valence-corrected chi connectivity index (χ0v) is 9.34. The van der Waals surface area contributed by atoms with Gasteiger partial charge in [-0.2, -0.15) is 0 Å². The summed E-state index contributed by atoms with van der Waals surface area (Å²) in [5, 5.41) is 2.97. The number of unbranched alkanes of at least 4 members (excludes halogenated alkanes) is 1. The zero-order chi connectivity index (χ0) is 10.8. The van der Waals surface area contributed by atoms with Crippen molar-refractivity contribution in [1.29, 1.82) is 0 Å². The van der Waals surface area contributed by atoms with E-state index in [9.17, 15) is 0 Å². The van der Waals surface area contributed by atoms with Crippen LogP contribution in [0.4, 0.5) is 0 Å². The summed E-state index contributed by atoms with van der Waals surface area (Å²) >= 11 is 0. The molecule has 0 aromatic rings. The van der Waals surface area contributed by atoms with E-state index in [2.05, 4.69) is 24.4 Å². The molecular weight excluding hydrogens is 174 g/mol. The molecule has 0 saturated carbocycles. The third-order valence-electron chi connectivity index (χ3n) is 2.03. The number of hydrogen-bond donors (Lipinski definition) is 3. The Bertz CT molecular complexity index is 195. The predicted molar refractivity (Wildman–Crippen MR) is 62.6 cm³/mol. The average Bonchev–Trinajstić information content (AvgIpc) is 2.21. The van der Waals surface area contributed by atoms with Gasteiger partial charge in [-0.3, -0.25) is 0 Å². The smallest absolute Gasteiger partial charge is 0.0990 e. The maximum atomic E-state index is 5.81. The first kappa shape index (κ1) is 13.0. The van der Waals surface area contributed by atoms with Gasteiger partial charge in [0, 0.05) is 7.05 Å². The summed E-state index contributed by atoms with van der Waals surface area (Å²) in [4.78, 5) is 0. The predicted octanol–water partition coefficient (Wildman–Crippen LogP) is 1.47. The monoisotopic (exact) mass is 197 g/mol. The highest BCUT2D eigenvalue weighted by atomic mass is 15.0. The molecule has 82 valence electrons. The molecule has 3 heteroatoms. The first-order chi connectivity index (χ1) is 6.76. The van der Waals surface area contributed by atoms with E-state index in [-0.39, 0.29) is 0 Å². The number of allylic oxidation sites excluding steroid dienone is 3. The minimum absolute atomic E-state index is 0.749. The second-order valence-corrected chi connectivity index (χ2v) is 3.27.